The van der Waals surface area contributed by atoms with E-state index in [-0.39, 0.29) is 29.5 Å². The summed E-state index contributed by atoms with van der Waals surface area (Å²) >= 11 is 6.47. The van der Waals surface area contributed by atoms with Crippen molar-refractivity contribution in [3.8, 4) is 0 Å². The van der Waals surface area contributed by atoms with Crippen molar-refractivity contribution in [3.05, 3.63) is 130 Å². The van der Waals surface area contributed by atoms with Crippen molar-refractivity contribution < 1.29 is 18.0 Å². The molecule has 0 fully saturated rings. The highest BCUT2D eigenvalue weighted by molar-refractivity contribution is 7.92. The first-order valence-corrected chi connectivity index (χ1v) is 17.0. The lowest BCUT2D eigenvalue weighted by molar-refractivity contribution is -0.140. The molecule has 1 atom stereocenters. The Labute approximate surface area is 278 Å². The summed E-state index contributed by atoms with van der Waals surface area (Å²) in [7, 11) is -4.22. The number of anilines is 1. The number of nitrogens with zero attached hydrogens (tertiary/aromatic N) is 2. The van der Waals surface area contributed by atoms with E-state index in [1.165, 1.54) is 17.0 Å². The van der Waals surface area contributed by atoms with Crippen LogP contribution in [0.5, 0.6) is 0 Å². The van der Waals surface area contributed by atoms with Crippen LogP contribution in [-0.2, 0) is 32.6 Å². The van der Waals surface area contributed by atoms with Gasteiger partial charge < -0.3 is 10.2 Å². The fourth-order valence-corrected chi connectivity index (χ4v) is 6.70. The summed E-state index contributed by atoms with van der Waals surface area (Å²) in [6.07, 6.45) is 0.237. The maximum atomic E-state index is 14.6. The van der Waals surface area contributed by atoms with Gasteiger partial charge in [0.1, 0.15) is 12.6 Å². The predicted molar refractivity (Wildman–Crippen MR) is 185 cm³/mol. The highest BCUT2D eigenvalue weighted by Gasteiger charge is 2.35. The first-order valence-electron chi connectivity index (χ1n) is 15.2. The molecule has 0 heterocycles. The Morgan fingerprint density at radius 2 is 1.46 bits per heavy atom. The van der Waals surface area contributed by atoms with Gasteiger partial charge in [0.2, 0.25) is 11.8 Å². The lowest BCUT2D eigenvalue weighted by Crippen LogP contribution is -2.56. The molecule has 0 spiro atoms. The molecule has 0 aliphatic heterocycles. The molecule has 0 aromatic heterocycles. The van der Waals surface area contributed by atoms with Crippen LogP contribution in [0.1, 0.15) is 48.6 Å². The standard InChI is InChI=1S/C37H42ClN3O4S/c1-26-15-19-32(20-16-26)46(44,45)41(31-18-17-28(3)33(38)23-31)25-35(42)40(24-30-14-10-11-27(2)21-30)34(36(43)39-37(4,5)6)22-29-12-8-7-9-13-29/h7-21,23,34H,22,24-25H2,1-6H3,(H,39,43)/t34-/m0/s1. The molecule has 0 saturated heterocycles. The van der Waals surface area contributed by atoms with Gasteiger partial charge in [-0.25, -0.2) is 8.42 Å². The third-order valence-corrected chi connectivity index (χ3v) is 9.73. The van der Waals surface area contributed by atoms with Gasteiger partial charge in [-0.1, -0.05) is 95.5 Å². The zero-order chi connectivity index (χ0) is 33.6. The lowest BCUT2D eigenvalue weighted by atomic mass is 10.0. The Bertz CT molecular complexity index is 1790. The van der Waals surface area contributed by atoms with Crippen LogP contribution in [0.15, 0.2) is 102 Å². The number of aryl methyl sites for hydroxylation is 3. The SMILES string of the molecule is Cc1ccc(S(=O)(=O)N(CC(=O)N(Cc2cccc(C)c2)[C@@H](Cc2ccccc2)C(=O)NC(C)(C)C)c2ccc(C)c(Cl)c2)cc1. The summed E-state index contributed by atoms with van der Waals surface area (Å²) in [4.78, 5) is 30.1. The Hall–Kier alpha value is -4.14. The molecular weight excluding hydrogens is 618 g/mol. The zero-order valence-corrected chi connectivity index (χ0v) is 28.8. The van der Waals surface area contributed by atoms with Crippen LogP contribution in [0.2, 0.25) is 5.02 Å². The number of amides is 2. The summed E-state index contributed by atoms with van der Waals surface area (Å²) in [5, 5.41) is 3.42. The smallest absolute Gasteiger partial charge is 0.264 e. The number of hydrogen-bond acceptors (Lipinski definition) is 4. The number of nitrogens with one attached hydrogen (secondary N) is 1. The molecule has 2 amide bonds. The molecule has 0 unspecified atom stereocenters. The first kappa shape index (κ1) is 34.7. The summed E-state index contributed by atoms with van der Waals surface area (Å²) in [5.41, 5.74) is 4.05. The second-order valence-corrected chi connectivity index (χ2v) is 15.0. The van der Waals surface area contributed by atoms with Gasteiger partial charge in [0.25, 0.3) is 10.0 Å². The molecule has 0 bridgehead atoms. The fourth-order valence-electron chi connectivity index (χ4n) is 5.12. The first-order chi connectivity index (χ1) is 21.6. The minimum Gasteiger partial charge on any atom is -0.350 e. The number of rotatable bonds is 11. The summed E-state index contributed by atoms with van der Waals surface area (Å²) in [5.74, 6) is -0.859. The van der Waals surface area contributed by atoms with Gasteiger partial charge in [0.05, 0.1) is 10.6 Å². The van der Waals surface area contributed by atoms with Gasteiger partial charge in [0, 0.05) is 23.5 Å². The third-order valence-electron chi connectivity index (χ3n) is 7.54. The average Bonchev–Trinajstić information content (AvgIpc) is 2.99. The van der Waals surface area contributed by atoms with Crippen LogP contribution in [0.25, 0.3) is 0 Å². The summed E-state index contributed by atoms with van der Waals surface area (Å²) in [6.45, 7) is 10.9. The Kier molecular flexibility index (Phi) is 11.0. The second-order valence-electron chi connectivity index (χ2n) is 12.7. The number of hydrogen-bond donors (Lipinski definition) is 1. The Morgan fingerprint density at radius 3 is 2.07 bits per heavy atom. The van der Waals surface area contributed by atoms with Crippen LogP contribution in [0.3, 0.4) is 0 Å². The highest BCUT2D eigenvalue weighted by Crippen LogP contribution is 2.29. The highest BCUT2D eigenvalue weighted by atomic mass is 35.5. The van der Waals surface area contributed by atoms with Gasteiger partial charge in [-0.15, -0.1) is 0 Å². The maximum Gasteiger partial charge on any atom is 0.264 e. The van der Waals surface area contributed by atoms with Gasteiger partial charge in [-0.3, -0.25) is 13.9 Å². The number of sulfonamides is 1. The monoisotopic (exact) mass is 659 g/mol. The molecule has 0 aliphatic carbocycles. The van der Waals surface area contributed by atoms with Crippen molar-refractivity contribution in [2.45, 2.75) is 71.0 Å². The molecule has 0 radical (unpaired) electrons. The van der Waals surface area contributed by atoms with Crippen LogP contribution < -0.4 is 9.62 Å². The minimum atomic E-state index is -4.22. The average molecular weight is 660 g/mol. The van der Waals surface area contributed by atoms with Crippen molar-refractivity contribution in [1.29, 1.82) is 0 Å². The van der Waals surface area contributed by atoms with E-state index in [0.29, 0.717) is 5.02 Å². The largest absolute Gasteiger partial charge is 0.350 e. The third kappa shape index (κ3) is 8.98. The molecule has 4 aromatic carbocycles. The molecule has 4 aromatic rings. The summed E-state index contributed by atoms with van der Waals surface area (Å²) in [6, 6.07) is 27.7. The van der Waals surface area contributed by atoms with Gasteiger partial charge >= 0.3 is 0 Å². The predicted octanol–water partition coefficient (Wildman–Crippen LogP) is 7.02. The molecule has 242 valence electrons. The van der Waals surface area contributed by atoms with E-state index in [1.54, 1.807) is 30.3 Å². The van der Waals surface area contributed by atoms with E-state index < -0.39 is 34.1 Å². The van der Waals surface area contributed by atoms with E-state index in [0.717, 1.165) is 32.1 Å². The quantitative estimate of drug-likeness (QED) is 0.188. The van der Waals surface area contributed by atoms with E-state index in [1.807, 2.05) is 96.1 Å². The molecule has 0 aliphatic rings. The van der Waals surface area contributed by atoms with Crippen LogP contribution in [-0.4, -0.2) is 43.3 Å². The Morgan fingerprint density at radius 1 is 0.804 bits per heavy atom. The van der Waals surface area contributed by atoms with E-state index in [2.05, 4.69) is 5.32 Å². The molecule has 4 rings (SSSR count). The van der Waals surface area contributed by atoms with E-state index in [9.17, 15) is 18.0 Å². The van der Waals surface area contributed by atoms with Crippen LogP contribution >= 0.6 is 11.6 Å². The summed E-state index contributed by atoms with van der Waals surface area (Å²) < 4.78 is 29.5. The maximum absolute atomic E-state index is 14.6. The molecule has 46 heavy (non-hydrogen) atoms. The normalized spacial score (nSPS) is 12.3. The van der Waals surface area contributed by atoms with Crippen molar-refractivity contribution >= 4 is 39.1 Å². The number of halogens is 1. The molecular formula is C37H42ClN3O4S. The minimum absolute atomic E-state index is 0.0409. The van der Waals surface area contributed by atoms with Gasteiger partial charge in [-0.05, 0) is 82.5 Å². The number of benzene rings is 4. The van der Waals surface area contributed by atoms with Crippen molar-refractivity contribution in [3.63, 3.8) is 0 Å². The zero-order valence-electron chi connectivity index (χ0n) is 27.2. The van der Waals surface area contributed by atoms with Crippen molar-refractivity contribution in [1.82, 2.24) is 10.2 Å². The number of carbonyl (C=O) groups excluding carboxylic acids is 2. The number of carbonyl (C=O) groups is 2. The topological polar surface area (TPSA) is 86.8 Å². The molecule has 7 nitrogen and oxygen atoms in total. The van der Waals surface area contributed by atoms with Crippen molar-refractivity contribution in [2.24, 2.45) is 0 Å². The molecule has 9 heteroatoms. The van der Waals surface area contributed by atoms with Gasteiger partial charge in [-0.2, -0.15) is 0 Å². The van der Waals surface area contributed by atoms with Crippen molar-refractivity contribution in [2.75, 3.05) is 10.8 Å². The lowest BCUT2D eigenvalue weighted by Gasteiger charge is -2.35. The van der Waals surface area contributed by atoms with Crippen LogP contribution in [0.4, 0.5) is 5.69 Å². The fraction of sp³-hybridized carbons (Fsp3) is 0.297. The molecule has 0 saturated carbocycles. The van der Waals surface area contributed by atoms with Gasteiger partial charge in [0.15, 0.2) is 0 Å². The van der Waals surface area contributed by atoms with E-state index >= 15 is 0 Å². The van der Waals surface area contributed by atoms with E-state index in [4.69, 9.17) is 11.6 Å². The molecule has 1 N–H and O–H groups in total. The Balaban J connectivity index is 1.84. The van der Waals surface area contributed by atoms with Crippen LogP contribution in [0, 0.1) is 20.8 Å². The second kappa shape index (κ2) is 14.5.